The van der Waals surface area contributed by atoms with E-state index < -0.39 is 0 Å². The monoisotopic (exact) mass is 264 g/mol. The van der Waals surface area contributed by atoms with Gasteiger partial charge in [0.05, 0.1) is 11.6 Å². The van der Waals surface area contributed by atoms with E-state index in [1.54, 1.807) is 0 Å². The van der Waals surface area contributed by atoms with Crippen LogP contribution in [0.25, 0.3) is 0 Å². The van der Waals surface area contributed by atoms with Crippen LogP contribution < -0.4 is 5.32 Å². The van der Waals surface area contributed by atoms with Crippen molar-refractivity contribution < 1.29 is 0 Å². The molecule has 1 N–H and O–H groups in total. The predicted octanol–water partition coefficient (Wildman–Crippen LogP) is 4.66. The van der Waals surface area contributed by atoms with E-state index in [1.165, 1.54) is 27.9 Å². The van der Waals surface area contributed by atoms with Gasteiger partial charge in [0.2, 0.25) is 0 Å². The van der Waals surface area contributed by atoms with Crippen molar-refractivity contribution in [3.05, 3.63) is 64.2 Å². The van der Waals surface area contributed by atoms with Crippen molar-refractivity contribution in [1.82, 2.24) is 0 Å². The molecule has 20 heavy (non-hydrogen) atoms. The molecule has 0 aromatic heterocycles. The highest BCUT2D eigenvalue weighted by Gasteiger charge is 2.09. The number of hydrogen-bond acceptors (Lipinski definition) is 2. The summed E-state index contributed by atoms with van der Waals surface area (Å²) in [5.41, 5.74) is 6.90. The van der Waals surface area contributed by atoms with Gasteiger partial charge in [0.1, 0.15) is 0 Å². The van der Waals surface area contributed by atoms with Crippen molar-refractivity contribution >= 4 is 5.69 Å². The fourth-order valence-corrected chi connectivity index (χ4v) is 2.55. The van der Waals surface area contributed by atoms with Crippen LogP contribution in [0, 0.1) is 32.1 Å². The molecule has 0 bridgehead atoms. The zero-order chi connectivity index (χ0) is 14.7. The molecule has 0 saturated carbocycles. The van der Waals surface area contributed by atoms with E-state index in [-0.39, 0.29) is 6.04 Å². The van der Waals surface area contributed by atoms with Crippen LogP contribution in [0.5, 0.6) is 0 Å². The van der Waals surface area contributed by atoms with Crippen LogP contribution in [0.4, 0.5) is 5.69 Å². The van der Waals surface area contributed by atoms with Crippen molar-refractivity contribution in [3.8, 4) is 6.07 Å². The smallest absolute Gasteiger partial charge is 0.0991 e. The van der Waals surface area contributed by atoms with Gasteiger partial charge in [-0.15, -0.1) is 0 Å². The number of nitriles is 1. The lowest BCUT2D eigenvalue weighted by Gasteiger charge is -2.20. The number of nitrogens with zero attached hydrogens (tertiary/aromatic N) is 1. The van der Waals surface area contributed by atoms with Crippen molar-refractivity contribution in [1.29, 1.82) is 5.26 Å². The Morgan fingerprint density at radius 2 is 1.55 bits per heavy atom. The normalized spacial score (nSPS) is 11.8. The highest BCUT2D eigenvalue weighted by atomic mass is 14.9. The first-order valence-corrected chi connectivity index (χ1v) is 6.85. The summed E-state index contributed by atoms with van der Waals surface area (Å²) in [4.78, 5) is 0. The first-order chi connectivity index (χ1) is 9.51. The quantitative estimate of drug-likeness (QED) is 0.875. The summed E-state index contributed by atoms with van der Waals surface area (Å²) in [5.74, 6) is 0. The van der Waals surface area contributed by atoms with Crippen LogP contribution in [-0.2, 0) is 0 Å². The molecule has 0 aliphatic rings. The summed E-state index contributed by atoms with van der Waals surface area (Å²) in [6.45, 7) is 8.52. The lowest BCUT2D eigenvalue weighted by molar-refractivity contribution is 0.879. The Labute approximate surface area is 121 Å². The molecule has 0 spiro atoms. The average molecular weight is 264 g/mol. The third-order valence-corrected chi connectivity index (χ3v) is 3.58. The summed E-state index contributed by atoms with van der Waals surface area (Å²) in [7, 11) is 0. The van der Waals surface area contributed by atoms with E-state index in [4.69, 9.17) is 5.26 Å². The number of aryl methyl sites for hydroxylation is 3. The zero-order valence-corrected chi connectivity index (χ0v) is 12.5. The summed E-state index contributed by atoms with van der Waals surface area (Å²) < 4.78 is 0. The van der Waals surface area contributed by atoms with Crippen LogP contribution in [0.2, 0.25) is 0 Å². The van der Waals surface area contributed by atoms with Gasteiger partial charge in [-0.2, -0.15) is 5.26 Å². The van der Waals surface area contributed by atoms with Crippen LogP contribution in [0.1, 0.15) is 40.8 Å². The Morgan fingerprint density at radius 1 is 1.00 bits per heavy atom. The molecule has 0 radical (unpaired) electrons. The Kier molecular flexibility index (Phi) is 4.10. The number of anilines is 1. The van der Waals surface area contributed by atoms with Gasteiger partial charge < -0.3 is 5.32 Å². The fourth-order valence-electron chi connectivity index (χ4n) is 2.55. The van der Waals surface area contributed by atoms with Crippen LogP contribution >= 0.6 is 0 Å². The minimum atomic E-state index is 0.211. The van der Waals surface area contributed by atoms with E-state index in [1.807, 2.05) is 24.3 Å². The molecule has 1 unspecified atom stereocenters. The Bertz CT molecular complexity index is 625. The number of benzene rings is 2. The van der Waals surface area contributed by atoms with Crippen LogP contribution in [-0.4, -0.2) is 0 Å². The standard InChI is InChI=1S/C18H20N2/c1-12-9-13(2)18(14(3)10-12)20-15(4)17-7-5-16(11-19)6-8-17/h5-10,15,20H,1-4H3. The number of nitrogens with one attached hydrogen (secondary N) is 1. The summed E-state index contributed by atoms with van der Waals surface area (Å²) in [5, 5.41) is 12.4. The third kappa shape index (κ3) is 3.00. The molecule has 102 valence electrons. The fraction of sp³-hybridized carbons (Fsp3) is 0.278. The van der Waals surface area contributed by atoms with Crippen LogP contribution in [0.3, 0.4) is 0 Å². The second kappa shape index (κ2) is 5.79. The van der Waals surface area contributed by atoms with Crippen molar-refractivity contribution in [2.75, 3.05) is 5.32 Å². The van der Waals surface area contributed by atoms with E-state index in [9.17, 15) is 0 Å². The van der Waals surface area contributed by atoms with Gasteiger partial charge in [0.15, 0.2) is 0 Å². The molecule has 0 aliphatic carbocycles. The van der Waals surface area contributed by atoms with E-state index in [0.717, 1.165) is 0 Å². The molecule has 0 saturated heterocycles. The van der Waals surface area contributed by atoms with Gasteiger partial charge >= 0.3 is 0 Å². The lowest BCUT2D eigenvalue weighted by Crippen LogP contribution is -2.09. The third-order valence-electron chi connectivity index (χ3n) is 3.58. The highest BCUT2D eigenvalue weighted by molar-refractivity contribution is 5.59. The zero-order valence-electron chi connectivity index (χ0n) is 12.5. The van der Waals surface area contributed by atoms with Gasteiger partial charge in [0, 0.05) is 11.7 Å². The minimum Gasteiger partial charge on any atom is -0.378 e. The molecule has 2 heteroatoms. The molecule has 0 amide bonds. The first-order valence-electron chi connectivity index (χ1n) is 6.85. The van der Waals surface area contributed by atoms with E-state index in [0.29, 0.717) is 5.56 Å². The van der Waals surface area contributed by atoms with Gasteiger partial charge in [-0.25, -0.2) is 0 Å². The summed E-state index contributed by atoms with van der Waals surface area (Å²) in [6, 6.07) is 14.5. The van der Waals surface area contributed by atoms with E-state index >= 15 is 0 Å². The maximum atomic E-state index is 8.84. The maximum absolute atomic E-state index is 8.84. The highest BCUT2D eigenvalue weighted by Crippen LogP contribution is 2.26. The molecular weight excluding hydrogens is 244 g/mol. The molecule has 2 rings (SSSR count). The molecule has 2 aromatic rings. The van der Waals surface area contributed by atoms with Crippen molar-refractivity contribution in [2.45, 2.75) is 33.7 Å². The maximum Gasteiger partial charge on any atom is 0.0991 e. The molecule has 2 nitrogen and oxygen atoms in total. The van der Waals surface area contributed by atoms with Gasteiger partial charge in [-0.1, -0.05) is 29.8 Å². The summed E-state index contributed by atoms with van der Waals surface area (Å²) >= 11 is 0. The second-order valence-electron chi connectivity index (χ2n) is 5.37. The minimum absolute atomic E-state index is 0.211. The number of hydrogen-bond donors (Lipinski definition) is 1. The van der Waals surface area contributed by atoms with Gasteiger partial charge in [-0.05, 0) is 56.5 Å². The van der Waals surface area contributed by atoms with E-state index in [2.05, 4.69) is 51.2 Å². The Morgan fingerprint density at radius 3 is 2.05 bits per heavy atom. The van der Waals surface area contributed by atoms with Crippen LogP contribution in [0.15, 0.2) is 36.4 Å². The Hall–Kier alpha value is -2.27. The molecule has 0 heterocycles. The van der Waals surface area contributed by atoms with Gasteiger partial charge in [-0.3, -0.25) is 0 Å². The van der Waals surface area contributed by atoms with Crippen molar-refractivity contribution in [2.24, 2.45) is 0 Å². The lowest BCUT2D eigenvalue weighted by atomic mass is 10.0. The molecular formula is C18H20N2. The predicted molar refractivity (Wildman–Crippen MR) is 83.8 cm³/mol. The molecule has 2 aromatic carbocycles. The van der Waals surface area contributed by atoms with Gasteiger partial charge in [0.25, 0.3) is 0 Å². The summed E-state index contributed by atoms with van der Waals surface area (Å²) in [6.07, 6.45) is 0. The Balaban J connectivity index is 2.23. The topological polar surface area (TPSA) is 35.8 Å². The average Bonchev–Trinajstić information content (AvgIpc) is 2.42. The molecule has 1 atom stereocenters. The molecule has 0 aliphatic heterocycles. The molecule has 0 fully saturated rings. The second-order valence-corrected chi connectivity index (χ2v) is 5.37. The first kappa shape index (κ1) is 14.1. The largest absolute Gasteiger partial charge is 0.378 e. The van der Waals surface area contributed by atoms with Crippen molar-refractivity contribution in [3.63, 3.8) is 0 Å². The number of rotatable bonds is 3. The SMILES string of the molecule is Cc1cc(C)c(NC(C)c2ccc(C#N)cc2)c(C)c1.